The first-order valence-electron chi connectivity index (χ1n) is 8.31. The number of aromatic nitrogens is 1. The van der Waals surface area contributed by atoms with Gasteiger partial charge in [0, 0.05) is 42.8 Å². The minimum atomic E-state index is -4.38. The number of piperidine rings is 1. The van der Waals surface area contributed by atoms with Crippen LogP contribution in [0.1, 0.15) is 17.7 Å². The van der Waals surface area contributed by atoms with Crippen molar-refractivity contribution in [2.45, 2.75) is 19.5 Å². The van der Waals surface area contributed by atoms with Gasteiger partial charge in [0.05, 0.1) is 11.1 Å². The zero-order valence-electron chi connectivity index (χ0n) is 13.7. The number of hydrogen-bond acceptors (Lipinski definition) is 3. The molecular weight excluding hydrogens is 331 g/mol. The molecule has 2 aromatic rings. The highest BCUT2D eigenvalue weighted by molar-refractivity contribution is 5.93. The number of fused-ring (bicyclic) bond motifs is 2. The maximum atomic E-state index is 13.1. The molecule has 7 heteroatoms. The highest BCUT2D eigenvalue weighted by Gasteiger charge is 2.38. The average Bonchev–Trinajstić information content (AvgIpc) is 2.95. The van der Waals surface area contributed by atoms with Crippen molar-refractivity contribution in [1.82, 2.24) is 10.3 Å². The number of anilines is 1. The summed E-state index contributed by atoms with van der Waals surface area (Å²) >= 11 is 0. The number of hydrogen-bond donors (Lipinski definition) is 1. The zero-order chi connectivity index (χ0) is 17.8. The van der Waals surface area contributed by atoms with Crippen LogP contribution < -0.4 is 10.2 Å². The van der Waals surface area contributed by atoms with Crippen LogP contribution >= 0.6 is 0 Å². The van der Waals surface area contributed by atoms with Gasteiger partial charge in [-0.1, -0.05) is 0 Å². The number of carbonyl (C=O) groups excluding carboxylic acids is 1. The molecule has 1 amide bonds. The summed E-state index contributed by atoms with van der Waals surface area (Å²) in [4.78, 5) is 18.1. The summed E-state index contributed by atoms with van der Waals surface area (Å²) < 4.78 is 39.3. The summed E-state index contributed by atoms with van der Waals surface area (Å²) in [5, 5.41) is 3.39. The van der Waals surface area contributed by atoms with E-state index in [0.717, 1.165) is 24.0 Å². The molecule has 2 fully saturated rings. The van der Waals surface area contributed by atoms with Crippen LogP contribution in [0.25, 0.3) is 10.9 Å². The van der Waals surface area contributed by atoms with Crippen LogP contribution in [0.5, 0.6) is 0 Å². The number of nitrogens with zero attached hydrogens (tertiary/aromatic N) is 2. The third kappa shape index (κ3) is 2.92. The van der Waals surface area contributed by atoms with Gasteiger partial charge in [-0.2, -0.15) is 13.2 Å². The molecule has 25 heavy (non-hydrogen) atoms. The Morgan fingerprint density at radius 1 is 1.20 bits per heavy atom. The molecule has 2 aliphatic rings. The van der Waals surface area contributed by atoms with Crippen LogP contribution in [-0.2, 0) is 11.0 Å². The fourth-order valence-corrected chi connectivity index (χ4v) is 3.93. The molecule has 0 spiro atoms. The summed E-state index contributed by atoms with van der Waals surface area (Å²) in [5.74, 6) is 0.647. The number of amides is 1. The molecule has 0 unspecified atom stereocenters. The first-order valence-corrected chi connectivity index (χ1v) is 8.31. The van der Waals surface area contributed by atoms with Crippen LogP contribution in [0.2, 0.25) is 0 Å². The monoisotopic (exact) mass is 349 g/mol. The van der Waals surface area contributed by atoms with Crippen molar-refractivity contribution in [2.24, 2.45) is 11.8 Å². The molecule has 0 saturated carbocycles. The quantitative estimate of drug-likeness (QED) is 0.860. The summed E-state index contributed by atoms with van der Waals surface area (Å²) in [7, 11) is 0. The van der Waals surface area contributed by atoms with Crippen molar-refractivity contribution in [3.63, 3.8) is 0 Å². The van der Waals surface area contributed by atoms with Gasteiger partial charge >= 0.3 is 6.18 Å². The van der Waals surface area contributed by atoms with Gasteiger partial charge in [0.1, 0.15) is 0 Å². The predicted octanol–water partition coefficient (Wildman–Crippen LogP) is 3.13. The molecule has 1 aromatic carbocycles. The molecule has 0 bridgehead atoms. The Balaban J connectivity index is 1.77. The van der Waals surface area contributed by atoms with E-state index in [9.17, 15) is 18.0 Å². The third-order valence-electron chi connectivity index (χ3n) is 5.17. The lowest BCUT2D eigenvalue weighted by atomic mass is 9.89. The van der Waals surface area contributed by atoms with Gasteiger partial charge in [0.2, 0.25) is 5.91 Å². The topological polar surface area (TPSA) is 45.2 Å². The maximum Gasteiger partial charge on any atom is 0.416 e. The lowest BCUT2D eigenvalue weighted by Gasteiger charge is -2.23. The van der Waals surface area contributed by atoms with Crippen molar-refractivity contribution < 1.29 is 18.0 Å². The first kappa shape index (κ1) is 16.2. The third-order valence-corrected chi connectivity index (χ3v) is 5.17. The summed E-state index contributed by atoms with van der Waals surface area (Å²) in [6.45, 7) is 3.90. The smallest absolute Gasteiger partial charge is 0.370 e. The van der Waals surface area contributed by atoms with E-state index in [1.54, 1.807) is 0 Å². The molecule has 0 aliphatic carbocycles. The van der Waals surface area contributed by atoms with Gasteiger partial charge in [-0.25, -0.2) is 0 Å². The number of alkyl halides is 3. The number of nitrogens with one attached hydrogen (secondary N) is 1. The van der Waals surface area contributed by atoms with E-state index in [2.05, 4.69) is 15.2 Å². The van der Waals surface area contributed by atoms with E-state index in [-0.39, 0.29) is 11.8 Å². The molecule has 4 rings (SSSR count). The molecule has 0 radical (unpaired) electrons. The number of benzene rings is 1. The highest BCUT2D eigenvalue weighted by Crippen LogP contribution is 2.38. The van der Waals surface area contributed by atoms with Crippen LogP contribution in [0.15, 0.2) is 24.3 Å². The molecule has 132 valence electrons. The fourth-order valence-electron chi connectivity index (χ4n) is 3.93. The van der Waals surface area contributed by atoms with Gasteiger partial charge in [-0.15, -0.1) is 0 Å². The van der Waals surface area contributed by atoms with E-state index in [1.807, 2.05) is 13.0 Å². The predicted molar refractivity (Wildman–Crippen MR) is 88.3 cm³/mol. The number of aryl methyl sites for hydroxylation is 1. The Labute approximate surface area is 143 Å². The molecule has 2 atom stereocenters. The van der Waals surface area contributed by atoms with Gasteiger partial charge in [-0.3, -0.25) is 9.78 Å². The van der Waals surface area contributed by atoms with Crippen molar-refractivity contribution in [2.75, 3.05) is 24.5 Å². The summed E-state index contributed by atoms with van der Waals surface area (Å²) in [5.41, 5.74) is 1.44. The average molecular weight is 349 g/mol. The van der Waals surface area contributed by atoms with E-state index in [0.29, 0.717) is 36.3 Å². The molecule has 4 nitrogen and oxygen atoms in total. The molecule has 2 saturated heterocycles. The minimum absolute atomic E-state index is 0.0539. The van der Waals surface area contributed by atoms with E-state index in [4.69, 9.17) is 0 Å². The molecule has 1 N–H and O–H groups in total. The normalized spacial score (nSPS) is 23.7. The standard InChI is InChI=1S/C18H18F3N3O/c1-10-4-16(24-8-11-5-17(25)22-7-12(11)9-24)14-6-13(18(19,20)21)2-3-15(14)23-10/h2-4,6,11-12H,5,7-9H2,1H3,(H,22,25)/t11-,12+/m1/s1. The fraction of sp³-hybridized carbons (Fsp3) is 0.444. The molecular formula is C18H18F3N3O. The van der Waals surface area contributed by atoms with Crippen LogP contribution in [0, 0.1) is 18.8 Å². The molecule has 1 aromatic heterocycles. The second-order valence-electron chi connectivity index (χ2n) is 6.95. The van der Waals surface area contributed by atoms with Gasteiger partial charge in [0.15, 0.2) is 0 Å². The molecule has 3 heterocycles. The van der Waals surface area contributed by atoms with Crippen LogP contribution in [-0.4, -0.2) is 30.5 Å². The number of rotatable bonds is 1. The lowest BCUT2D eigenvalue weighted by molar-refractivity contribution is -0.137. The summed E-state index contributed by atoms with van der Waals surface area (Å²) in [6, 6.07) is 5.53. The Morgan fingerprint density at radius 2 is 1.96 bits per heavy atom. The van der Waals surface area contributed by atoms with Crippen molar-refractivity contribution in [1.29, 1.82) is 0 Å². The van der Waals surface area contributed by atoms with Crippen molar-refractivity contribution in [3.05, 3.63) is 35.5 Å². The largest absolute Gasteiger partial charge is 0.416 e. The zero-order valence-corrected chi connectivity index (χ0v) is 13.7. The Morgan fingerprint density at radius 3 is 2.72 bits per heavy atom. The molecule has 2 aliphatic heterocycles. The van der Waals surface area contributed by atoms with Gasteiger partial charge in [0.25, 0.3) is 0 Å². The van der Waals surface area contributed by atoms with Gasteiger partial charge < -0.3 is 10.2 Å². The van der Waals surface area contributed by atoms with E-state index < -0.39 is 11.7 Å². The number of halogens is 3. The van der Waals surface area contributed by atoms with Crippen LogP contribution in [0.3, 0.4) is 0 Å². The SMILES string of the molecule is Cc1cc(N2C[C@H]3CC(=O)NC[C@H]3C2)c2cc(C(F)(F)F)ccc2n1. The van der Waals surface area contributed by atoms with Crippen LogP contribution in [0.4, 0.5) is 18.9 Å². The number of carbonyl (C=O) groups is 1. The van der Waals surface area contributed by atoms with Gasteiger partial charge in [-0.05, 0) is 43.0 Å². The van der Waals surface area contributed by atoms with E-state index >= 15 is 0 Å². The van der Waals surface area contributed by atoms with Crippen molar-refractivity contribution in [3.8, 4) is 0 Å². The maximum absolute atomic E-state index is 13.1. The van der Waals surface area contributed by atoms with E-state index in [1.165, 1.54) is 12.1 Å². The Bertz CT molecular complexity index is 849. The van der Waals surface area contributed by atoms with Crippen molar-refractivity contribution >= 4 is 22.5 Å². The second kappa shape index (κ2) is 5.61. The first-order chi connectivity index (χ1) is 11.8. The second-order valence-corrected chi connectivity index (χ2v) is 6.95. The number of pyridine rings is 1. The Kier molecular flexibility index (Phi) is 3.63. The minimum Gasteiger partial charge on any atom is -0.370 e. The highest BCUT2D eigenvalue weighted by atomic mass is 19.4. The Hall–Kier alpha value is -2.31. The lowest BCUT2D eigenvalue weighted by Crippen LogP contribution is -2.39. The summed E-state index contributed by atoms with van der Waals surface area (Å²) in [6.07, 6.45) is -3.90.